The normalized spacial score (nSPS) is 12.3. The summed E-state index contributed by atoms with van der Waals surface area (Å²) in [7, 11) is 3.22. The zero-order valence-electron chi connectivity index (χ0n) is 12.9. The lowest BCUT2D eigenvalue weighted by atomic mass is 10.00. The second-order valence-electron chi connectivity index (χ2n) is 4.97. The third-order valence-electron chi connectivity index (χ3n) is 3.81. The van der Waals surface area contributed by atoms with Crippen LogP contribution in [0.3, 0.4) is 0 Å². The van der Waals surface area contributed by atoms with Crippen LogP contribution in [0.1, 0.15) is 28.7 Å². The van der Waals surface area contributed by atoms with Crippen LogP contribution in [-0.2, 0) is 17.6 Å². The monoisotopic (exact) mass is 302 g/mol. The summed E-state index contributed by atoms with van der Waals surface area (Å²) in [6, 6.07) is 3.88. The van der Waals surface area contributed by atoms with Crippen LogP contribution in [0, 0.1) is 0 Å². The van der Waals surface area contributed by atoms with E-state index >= 15 is 0 Å². The summed E-state index contributed by atoms with van der Waals surface area (Å²) in [5.74, 6) is 0.982. The highest BCUT2D eigenvalue weighted by atomic mass is 16.5. The molecule has 2 aromatic rings. The second kappa shape index (κ2) is 5.71. The molecule has 1 aromatic heterocycles. The number of imidazole rings is 1. The number of carbonyl (C=O) groups is 1. The first-order valence-electron chi connectivity index (χ1n) is 7.18. The maximum absolute atomic E-state index is 12.0. The van der Waals surface area contributed by atoms with Crippen molar-refractivity contribution in [3.05, 3.63) is 35.4 Å². The third kappa shape index (κ3) is 2.20. The van der Waals surface area contributed by atoms with Gasteiger partial charge in [0.05, 0.1) is 32.2 Å². The number of ether oxygens (including phenoxy) is 3. The van der Waals surface area contributed by atoms with Crippen molar-refractivity contribution in [2.45, 2.75) is 19.8 Å². The van der Waals surface area contributed by atoms with E-state index in [1.807, 2.05) is 16.7 Å². The zero-order chi connectivity index (χ0) is 15.7. The molecule has 0 amide bonds. The number of nitrogens with zero attached hydrogens (tertiary/aromatic N) is 2. The number of hydrogen-bond acceptors (Lipinski definition) is 5. The molecule has 0 N–H and O–H groups in total. The molecule has 1 aliphatic rings. The van der Waals surface area contributed by atoms with E-state index in [0.29, 0.717) is 23.8 Å². The van der Waals surface area contributed by atoms with Gasteiger partial charge in [0.25, 0.3) is 0 Å². The molecular formula is C16H18N2O4. The van der Waals surface area contributed by atoms with Crippen molar-refractivity contribution in [2.75, 3.05) is 20.8 Å². The molecule has 116 valence electrons. The van der Waals surface area contributed by atoms with Gasteiger partial charge in [-0.3, -0.25) is 0 Å². The van der Waals surface area contributed by atoms with Crippen molar-refractivity contribution in [2.24, 2.45) is 0 Å². The summed E-state index contributed by atoms with van der Waals surface area (Å²) in [5.41, 5.74) is 3.36. The Kier molecular flexibility index (Phi) is 3.75. The van der Waals surface area contributed by atoms with Crippen LogP contribution >= 0.6 is 0 Å². The smallest absolute Gasteiger partial charge is 0.358 e. The summed E-state index contributed by atoms with van der Waals surface area (Å²) in [6.07, 6.45) is 3.20. The number of benzene rings is 1. The minimum Gasteiger partial charge on any atom is -0.493 e. The van der Waals surface area contributed by atoms with Crippen LogP contribution in [0.15, 0.2) is 18.5 Å². The molecule has 2 heterocycles. The van der Waals surface area contributed by atoms with E-state index in [1.165, 1.54) is 0 Å². The van der Waals surface area contributed by atoms with Crippen molar-refractivity contribution in [1.82, 2.24) is 9.55 Å². The maximum atomic E-state index is 12.0. The highest BCUT2D eigenvalue weighted by Gasteiger charge is 2.25. The van der Waals surface area contributed by atoms with E-state index in [0.717, 1.165) is 29.8 Å². The van der Waals surface area contributed by atoms with E-state index in [4.69, 9.17) is 14.2 Å². The third-order valence-corrected chi connectivity index (χ3v) is 3.81. The highest BCUT2D eigenvalue weighted by Crippen LogP contribution is 2.36. The molecule has 1 aromatic carbocycles. The predicted octanol–water partition coefficient (Wildman–Crippen LogP) is 2.16. The van der Waals surface area contributed by atoms with Crippen LogP contribution < -0.4 is 9.47 Å². The number of hydrogen-bond donors (Lipinski definition) is 0. The van der Waals surface area contributed by atoms with Crippen molar-refractivity contribution in [3.8, 4) is 17.2 Å². The van der Waals surface area contributed by atoms with Crippen LogP contribution in [-0.4, -0.2) is 36.3 Å². The molecule has 0 atom stereocenters. The van der Waals surface area contributed by atoms with E-state index < -0.39 is 0 Å². The van der Waals surface area contributed by atoms with Crippen LogP contribution in [0.5, 0.6) is 11.5 Å². The molecular weight excluding hydrogens is 284 g/mol. The first-order chi connectivity index (χ1) is 10.7. The molecule has 3 rings (SSSR count). The fraction of sp³-hybridized carbons (Fsp3) is 0.375. The molecule has 0 aliphatic carbocycles. The Labute approximate surface area is 128 Å². The lowest BCUT2D eigenvalue weighted by Gasteiger charge is -2.21. The van der Waals surface area contributed by atoms with Gasteiger partial charge in [-0.25, -0.2) is 9.78 Å². The molecule has 6 heteroatoms. The summed E-state index contributed by atoms with van der Waals surface area (Å²) >= 11 is 0. The van der Waals surface area contributed by atoms with Crippen LogP contribution in [0.25, 0.3) is 5.69 Å². The van der Waals surface area contributed by atoms with Gasteiger partial charge in [-0.05, 0) is 31.4 Å². The Morgan fingerprint density at radius 1 is 1.23 bits per heavy atom. The second-order valence-corrected chi connectivity index (χ2v) is 4.97. The van der Waals surface area contributed by atoms with Crippen molar-refractivity contribution >= 4 is 5.97 Å². The van der Waals surface area contributed by atoms with Gasteiger partial charge in [0, 0.05) is 6.07 Å². The van der Waals surface area contributed by atoms with Gasteiger partial charge >= 0.3 is 5.97 Å². The molecule has 6 nitrogen and oxygen atoms in total. The average molecular weight is 302 g/mol. The number of rotatable bonds is 4. The van der Waals surface area contributed by atoms with Gasteiger partial charge in [-0.15, -0.1) is 0 Å². The number of methoxy groups -OCH3 is 2. The Hall–Kier alpha value is -2.50. The Bertz CT molecular complexity index is 721. The zero-order valence-corrected chi connectivity index (χ0v) is 12.9. The number of aryl methyl sites for hydroxylation is 1. The number of esters is 1. The Balaban J connectivity index is 2.09. The van der Waals surface area contributed by atoms with E-state index in [2.05, 4.69) is 4.98 Å². The van der Waals surface area contributed by atoms with Gasteiger partial charge in [0.15, 0.2) is 17.2 Å². The summed E-state index contributed by atoms with van der Waals surface area (Å²) < 4.78 is 17.7. The molecule has 1 aliphatic heterocycles. The first-order valence-corrected chi connectivity index (χ1v) is 7.18. The lowest BCUT2D eigenvalue weighted by Crippen LogP contribution is -2.15. The van der Waals surface area contributed by atoms with Gasteiger partial charge in [0.1, 0.15) is 6.33 Å². The molecule has 0 saturated heterocycles. The maximum Gasteiger partial charge on any atom is 0.358 e. The fourth-order valence-electron chi connectivity index (χ4n) is 2.78. The molecule has 0 fully saturated rings. The van der Waals surface area contributed by atoms with Gasteiger partial charge < -0.3 is 18.8 Å². The van der Waals surface area contributed by atoms with Crippen LogP contribution in [0.4, 0.5) is 0 Å². The largest absolute Gasteiger partial charge is 0.493 e. The molecule has 0 spiro atoms. The average Bonchev–Trinajstić information content (AvgIpc) is 2.98. The number of aromatic nitrogens is 2. The molecule has 22 heavy (non-hydrogen) atoms. The standard InChI is InChI=1S/C16H18N2O4/c1-4-22-16(19)15-11-6-5-10-7-13(20-2)14(21-3)8-12(10)18(11)9-17-15/h7-9H,4-6H2,1-3H3. The fourth-order valence-corrected chi connectivity index (χ4v) is 2.78. The van der Waals surface area contributed by atoms with E-state index in [-0.39, 0.29) is 5.97 Å². The topological polar surface area (TPSA) is 62.6 Å². The Morgan fingerprint density at radius 2 is 1.95 bits per heavy atom. The van der Waals surface area contributed by atoms with Crippen molar-refractivity contribution in [3.63, 3.8) is 0 Å². The summed E-state index contributed by atoms with van der Waals surface area (Å²) in [6.45, 7) is 2.12. The molecule has 0 radical (unpaired) electrons. The van der Waals surface area contributed by atoms with E-state index in [9.17, 15) is 4.79 Å². The number of fused-ring (bicyclic) bond motifs is 3. The molecule has 0 bridgehead atoms. The molecule has 0 saturated carbocycles. The minimum absolute atomic E-state index is 0.340. The van der Waals surface area contributed by atoms with Crippen LogP contribution in [0.2, 0.25) is 0 Å². The first kappa shape index (κ1) is 14.4. The van der Waals surface area contributed by atoms with Gasteiger partial charge in [-0.1, -0.05) is 0 Å². The summed E-state index contributed by atoms with van der Waals surface area (Å²) in [5, 5.41) is 0. The lowest BCUT2D eigenvalue weighted by molar-refractivity contribution is 0.0518. The predicted molar refractivity (Wildman–Crippen MR) is 80.0 cm³/mol. The van der Waals surface area contributed by atoms with Gasteiger partial charge in [0.2, 0.25) is 0 Å². The SMILES string of the molecule is CCOC(=O)c1ncn2c1CCc1cc(OC)c(OC)cc1-2. The van der Waals surface area contributed by atoms with Crippen molar-refractivity contribution < 1.29 is 19.0 Å². The number of carbonyl (C=O) groups excluding carboxylic acids is 1. The van der Waals surface area contributed by atoms with Gasteiger partial charge in [-0.2, -0.15) is 0 Å². The highest BCUT2D eigenvalue weighted by molar-refractivity contribution is 5.89. The molecule has 0 unspecified atom stereocenters. The summed E-state index contributed by atoms with van der Waals surface area (Å²) in [4.78, 5) is 16.2. The van der Waals surface area contributed by atoms with Crippen molar-refractivity contribution in [1.29, 1.82) is 0 Å². The quantitative estimate of drug-likeness (QED) is 0.810. The Morgan fingerprint density at radius 3 is 2.64 bits per heavy atom. The minimum atomic E-state index is -0.375. The van der Waals surface area contributed by atoms with E-state index in [1.54, 1.807) is 27.5 Å².